The first-order valence-corrected chi connectivity index (χ1v) is 9.13. The molecule has 1 aliphatic heterocycles. The van der Waals surface area contributed by atoms with Crippen LogP contribution in [0.4, 0.5) is 23.7 Å². The molecule has 156 valence electrons. The molecule has 0 radical (unpaired) electrons. The molecule has 10 heteroatoms. The van der Waals surface area contributed by atoms with Crippen LogP contribution in [0.3, 0.4) is 0 Å². The normalized spacial score (nSPS) is 17.5. The molecule has 7 nitrogen and oxygen atoms in total. The Balaban J connectivity index is 1.64. The van der Waals surface area contributed by atoms with Gasteiger partial charge in [0.1, 0.15) is 29.0 Å². The molecule has 2 aromatic carbocycles. The first kappa shape index (κ1) is 19.7. The van der Waals surface area contributed by atoms with Crippen molar-refractivity contribution < 1.29 is 22.7 Å². The van der Waals surface area contributed by atoms with Gasteiger partial charge in [0.05, 0.1) is 13.2 Å². The summed E-state index contributed by atoms with van der Waals surface area (Å²) in [5.74, 6) is -1.74. The summed E-state index contributed by atoms with van der Waals surface area (Å²) in [4.78, 5) is 12.5. The van der Waals surface area contributed by atoms with Gasteiger partial charge in [-0.2, -0.15) is 0 Å². The SMILES string of the molecule is COc1cc(F)c([C@@H]2Cn3c(C)nnc3C2NC(=O)Nc2ccc(F)cc2)c(F)c1. The van der Waals surface area contributed by atoms with E-state index in [-0.39, 0.29) is 17.9 Å². The molecule has 0 saturated heterocycles. The number of nitrogens with one attached hydrogen (secondary N) is 2. The topological polar surface area (TPSA) is 81.1 Å². The summed E-state index contributed by atoms with van der Waals surface area (Å²) < 4.78 is 49.2. The van der Waals surface area contributed by atoms with E-state index >= 15 is 0 Å². The molecule has 1 aromatic heterocycles. The number of rotatable bonds is 4. The highest BCUT2D eigenvalue weighted by Gasteiger charge is 2.40. The molecule has 1 aliphatic rings. The van der Waals surface area contributed by atoms with Gasteiger partial charge in [-0.3, -0.25) is 0 Å². The fraction of sp³-hybridized carbons (Fsp3) is 0.250. The predicted molar refractivity (Wildman–Crippen MR) is 102 cm³/mol. The molecule has 0 fully saturated rings. The van der Waals surface area contributed by atoms with Crippen molar-refractivity contribution in [2.75, 3.05) is 12.4 Å². The zero-order valence-corrected chi connectivity index (χ0v) is 16.1. The van der Waals surface area contributed by atoms with Gasteiger partial charge in [-0.05, 0) is 31.2 Å². The fourth-order valence-corrected chi connectivity index (χ4v) is 3.63. The molecule has 0 aliphatic carbocycles. The fourth-order valence-electron chi connectivity index (χ4n) is 3.63. The third-order valence-electron chi connectivity index (χ3n) is 5.07. The van der Waals surface area contributed by atoms with Crippen LogP contribution in [0.25, 0.3) is 0 Å². The number of amides is 2. The largest absolute Gasteiger partial charge is 0.497 e. The van der Waals surface area contributed by atoms with Crippen LogP contribution in [0.2, 0.25) is 0 Å². The standard InChI is InChI=1S/C20H18F3N5O2/c1-10-26-27-19-18(25-20(29)24-12-5-3-11(21)4-6-12)14(9-28(10)19)17-15(22)7-13(30-2)8-16(17)23/h3-8,14,18H,9H2,1-2H3,(H2,24,25,29)/t14-,18?/m0/s1. The van der Waals surface area contributed by atoms with Crippen molar-refractivity contribution >= 4 is 11.7 Å². The summed E-state index contributed by atoms with van der Waals surface area (Å²) in [6.07, 6.45) is 0. The van der Waals surface area contributed by atoms with Gasteiger partial charge in [0.15, 0.2) is 5.82 Å². The van der Waals surface area contributed by atoms with Gasteiger partial charge in [0.2, 0.25) is 0 Å². The highest BCUT2D eigenvalue weighted by Crippen LogP contribution is 2.41. The summed E-state index contributed by atoms with van der Waals surface area (Å²) in [7, 11) is 1.32. The number of aromatic nitrogens is 3. The van der Waals surface area contributed by atoms with E-state index in [4.69, 9.17) is 4.74 Å². The maximum Gasteiger partial charge on any atom is 0.319 e. The summed E-state index contributed by atoms with van der Waals surface area (Å²) >= 11 is 0. The van der Waals surface area contributed by atoms with Crippen molar-refractivity contribution in [3.63, 3.8) is 0 Å². The van der Waals surface area contributed by atoms with Gasteiger partial charge in [-0.15, -0.1) is 10.2 Å². The number of fused-ring (bicyclic) bond motifs is 1. The summed E-state index contributed by atoms with van der Waals surface area (Å²) in [6.45, 7) is 1.91. The summed E-state index contributed by atoms with van der Waals surface area (Å²) in [5.41, 5.74) is 0.190. The molecular formula is C20H18F3N5O2. The zero-order valence-electron chi connectivity index (χ0n) is 16.1. The van der Waals surface area contributed by atoms with Crippen molar-refractivity contribution in [1.29, 1.82) is 0 Å². The van der Waals surface area contributed by atoms with Gasteiger partial charge >= 0.3 is 6.03 Å². The second-order valence-corrected chi connectivity index (χ2v) is 6.91. The van der Waals surface area contributed by atoms with Gasteiger partial charge in [-0.1, -0.05) is 0 Å². The number of ether oxygens (including phenoxy) is 1. The van der Waals surface area contributed by atoms with Gasteiger partial charge in [0.25, 0.3) is 0 Å². The molecule has 0 bridgehead atoms. The van der Waals surface area contributed by atoms with Crippen LogP contribution in [0.15, 0.2) is 36.4 Å². The molecule has 2 atom stereocenters. The lowest BCUT2D eigenvalue weighted by Crippen LogP contribution is -2.35. The number of carbonyl (C=O) groups excluding carboxylic acids is 1. The Morgan fingerprint density at radius 1 is 1.13 bits per heavy atom. The third-order valence-corrected chi connectivity index (χ3v) is 5.07. The highest BCUT2D eigenvalue weighted by atomic mass is 19.1. The van der Waals surface area contributed by atoms with Gasteiger partial charge in [0, 0.05) is 35.8 Å². The molecule has 0 spiro atoms. The molecule has 2 N–H and O–H groups in total. The van der Waals surface area contributed by atoms with Crippen LogP contribution in [0, 0.1) is 24.4 Å². The van der Waals surface area contributed by atoms with Crippen molar-refractivity contribution in [2.45, 2.75) is 25.4 Å². The summed E-state index contributed by atoms with van der Waals surface area (Å²) in [5, 5.41) is 13.3. The Morgan fingerprint density at radius 2 is 1.80 bits per heavy atom. The number of aryl methyl sites for hydroxylation is 1. The first-order valence-electron chi connectivity index (χ1n) is 9.13. The van der Waals surface area contributed by atoms with Crippen molar-refractivity contribution in [1.82, 2.24) is 20.1 Å². The van der Waals surface area contributed by atoms with E-state index in [1.165, 1.54) is 31.4 Å². The number of hydrogen-bond donors (Lipinski definition) is 2. The van der Waals surface area contributed by atoms with E-state index in [2.05, 4.69) is 20.8 Å². The average molecular weight is 417 g/mol. The van der Waals surface area contributed by atoms with Crippen LogP contribution < -0.4 is 15.4 Å². The molecule has 1 unspecified atom stereocenters. The van der Waals surface area contributed by atoms with Crippen LogP contribution in [-0.2, 0) is 6.54 Å². The van der Waals surface area contributed by atoms with Crippen molar-refractivity contribution in [2.24, 2.45) is 0 Å². The van der Waals surface area contributed by atoms with Gasteiger partial charge in [-0.25, -0.2) is 18.0 Å². The van der Waals surface area contributed by atoms with Crippen molar-refractivity contribution in [3.8, 4) is 5.75 Å². The third kappa shape index (κ3) is 3.56. The number of methoxy groups -OCH3 is 1. The van der Waals surface area contributed by atoms with E-state index in [0.717, 1.165) is 12.1 Å². The number of halogens is 3. The Bertz CT molecular complexity index is 1080. The van der Waals surface area contributed by atoms with E-state index in [9.17, 15) is 18.0 Å². The monoisotopic (exact) mass is 417 g/mol. The smallest absolute Gasteiger partial charge is 0.319 e. The molecule has 2 heterocycles. The summed E-state index contributed by atoms with van der Waals surface area (Å²) in [6, 6.07) is 5.95. The maximum atomic E-state index is 14.7. The minimum atomic E-state index is -0.830. The van der Waals surface area contributed by atoms with Crippen LogP contribution >= 0.6 is 0 Å². The number of carbonyl (C=O) groups is 1. The van der Waals surface area contributed by atoms with Crippen LogP contribution in [0.5, 0.6) is 5.75 Å². The lowest BCUT2D eigenvalue weighted by atomic mass is 9.92. The minimum absolute atomic E-state index is 0.0564. The number of urea groups is 1. The first-order chi connectivity index (χ1) is 14.4. The van der Waals surface area contributed by atoms with E-state index < -0.39 is 35.4 Å². The number of hydrogen-bond acceptors (Lipinski definition) is 4. The zero-order chi connectivity index (χ0) is 21.4. The Hall–Kier alpha value is -3.56. The maximum absolute atomic E-state index is 14.7. The Kier molecular flexibility index (Phi) is 5.06. The second kappa shape index (κ2) is 7.69. The average Bonchev–Trinajstić information content (AvgIpc) is 3.23. The van der Waals surface area contributed by atoms with E-state index in [1.807, 2.05) is 0 Å². The van der Waals surface area contributed by atoms with Gasteiger partial charge < -0.3 is 19.9 Å². The van der Waals surface area contributed by atoms with Crippen molar-refractivity contribution in [3.05, 3.63) is 71.1 Å². The number of benzene rings is 2. The Labute approximate surface area is 169 Å². The molecule has 3 aromatic rings. The quantitative estimate of drug-likeness (QED) is 0.679. The second-order valence-electron chi connectivity index (χ2n) is 6.91. The van der Waals surface area contributed by atoms with E-state index in [0.29, 0.717) is 17.3 Å². The van der Waals surface area contributed by atoms with E-state index in [1.54, 1.807) is 11.5 Å². The number of anilines is 1. The molecule has 30 heavy (non-hydrogen) atoms. The molecular weight excluding hydrogens is 399 g/mol. The van der Waals surface area contributed by atoms with Crippen LogP contribution in [0.1, 0.15) is 29.2 Å². The molecule has 0 saturated carbocycles. The van der Waals surface area contributed by atoms with Crippen LogP contribution in [-0.4, -0.2) is 27.9 Å². The minimum Gasteiger partial charge on any atom is -0.497 e. The number of nitrogens with zero attached hydrogens (tertiary/aromatic N) is 3. The predicted octanol–water partition coefficient (Wildman–Crippen LogP) is 3.67. The molecule has 4 rings (SSSR count). The lowest BCUT2D eigenvalue weighted by Gasteiger charge is -2.22. The lowest BCUT2D eigenvalue weighted by molar-refractivity contribution is 0.246. The molecule has 2 amide bonds. The highest BCUT2D eigenvalue weighted by molar-refractivity contribution is 5.89. The Morgan fingerprint density at radius 3 is 2.43 bits per heavy atom.